The maximum absolute atomic E-state index is 13.5. The van der Waals surface area contributed by atoms with Crippen molar-refractivity contribution in [2.45, 2.75) is 6.54 Å². The molecule has 0 aliphatic carbocycles. The van der Waals surface area contributed by atoms with E-state index in [9.17, 15) is 4.79 Å². The number of nitrogens with zero attached hydrogens (tertiary/aromatic N) is 4. The summed E-state index contributed by atoms with van der Waals surface area (Å²) in [7, 11) is 0. The van der Waals surface area contributed by atoms with Crippen LogP contribution in [0, 0.1) is 12.3 Å². The zero-order valence-corrected chi connectivity index (χ0v) is 18.1. The fourth-order valence-corrected chi connectivity index (χ4v) is 4.21. The molecular formula is C28H18N4O2. The van der Waals surface area contributed by atoms with Gasteiger partial charge in [0.15, 0.2) is 5.76 Å². The SMILES string of the molecule is C#CCn1cc(C=Nn2c(-c3cc4ccccc4o3)nc3ccccc3c2=O)c2ccccc21. The summed E-state index contributed by atoms with van der Waals surface area (Å²) < 4.78 is 9.32. The Hall–Kier alpha value is -4.89. The van der Waals surface area contributed by atoms with Gasteiger partial charge in [-0.1, -0.05) is 54.5 Å². The van der Waals surface area contributed by atoms with Gasteiger partial charge >= 0.3 is 0 Å². The zero-order chi connectivity index (χ0) is 23.1. The standard InChI is InChI=1S/C28H18N4O2/c1-2-15-31-18-20(21-10-5-7-13-24(21)31)17-29-32-27(26-16-19-9-3-8-14-25(19)34-26)30-23-12-6-4-11-22(23)28(32)33/h1,3-14,16-18H,15H2. The minimum absolute atomic E-state index is 0.273. The van der Waals surface area contributed by atoms with E-state index in [2.05, 4.69) is 11.0 Å². The Labute approximate surface area is 194 Å². The van der Waals surface area contributed by atoms with Crippen LogP contribution in [0.5, 0.6) is 0 Å². The van der Waals surface area contributed by atoms with Crippen LogP contribution in [0.1, 0.15) is 5.56 Å². The van der Waals surface area contributed by atoms with Crippen LogP contribution in [0.2, 0.25) is 0 Å². The molecule has 162 valence electrons. The highest BCUT2D eigenvalue weighted by Gasteiger charge is 2.16. The first-order chi connectivity index (χ1) is 16.7. The monoisotopic (exact) mass is 442 g/mol. The van der Waals surface area contributed by atoms with Crippen molar-refractivity contribution in [1.29, 1.82) is 0 Å². The molecule has 0 aliphatic rings. The van der Waals surface area contributed by atoms with E-state index in [0.717, 1.165) is 21.9 Å². The average molecular weight is 442 g/mol. The fraction of sp³-hybridized carbons (Fsp3) is 0.0357. The van der Waals surface area contributed by atoms with Gasteiger partial charge in [0.25, 0.3) is 5.56 Å². The minimum Gasteiger partial charge on any atom is -0.453 e. The molecule has 0 fully saturated rings. The lowest BCUT2D eigenvalue weighted by Crippen LogP contribution is -2.20. The van der Waals surface area contributed by atoms with Crippen molar-refractivity contribution >= 4 is 39.0 Å². The van der Waals surface area contributed by atoms with Crippen molar-refractivity contribution in [2.24, 2.45) is 5.10 Å². The molecule has 0 radical (unpaired) electrons. The van der Waals surface area contributed by atoms with Crippen molar-refractivity contribution < 1.29 is 4.42 Å². The van der Waals surface area contributed by atoms with Gasteiger partial charge in [0.05, 0.1) is 23.7 Å². The predicted molar refractivity (Wildman–Crippen MR) is 135 cm³/mol. The number of aromatic nitrogens is 3. The van der Waals surface area contributed by atoms with Crippen LogP contribution in [-0.4, -0.2) is 20.4 Å². The summed E-state index contributed by atoms with van der Waals surface area (Å²) in [5.41, 5.74) is 2.88. The van der Waals surface area contributed by atoms with Crippen LogP contribution in [0.25, 0.3) is 44.4 Å². The summed E-state index contributed by atoms with van der Waals surface area (Å²) in [4.78, 5) is 18.2. The third-order valence-corrected chi connectivity index (χ3v) is 5.79. The summed E-state index contributed by atoms with van der Waals surface area (Å²) in [5.74, 6) is 3.48. The van der Waals surface area contributed by atoms with Gasteiger partial charge in [0, 0.05) is 28.0 Å². The van der Waals surface area contributed by atoms with Crippen molar-refractivity contribution in [1.82, 2.24) is 14.2 Å². The second-order valence-electron chi connectivity index (χ2n) is 7.90. The molecule has 3 aromatic carbocycles. The van der Waals surface area contributed by atoms with Crippen LogP contribution in [0.4, 0.5) is 0 Å². The summed E-state index contributed by atoms with van der Waals surface area (Å²) in [5, 5.41) is 6.99. The maximum Gasteiger partial charge on any atom is 0.282 e. The lowest BCUT2D eigenvalue weighted by molar-refractivity contribution is 0.616. The van der Waals surface area contributed by atoms with Gasteiger partial charge < -0.3 is 8.98 Å². The maximum atomic E-state index is 13.5. The Bertz CT molecular complexity index is 1800. The number of benzene rings is 3. The van der Waals surface area contributed by atoms with E-state index in [1.54, 1.807) is 12.3 Å². The Balaban J connectivity index is 1.57. The van der Waals surface area contributed by atoms with Gasteiger partial charge in [-0.05, 0) is 30.3 Å². The molecule has 0 bridgehead atoms. The first-order valence-corrected chi connectivity index (χ1v) is 10.8. The second-order valence-corrected chi connectivity index (χ2v) is 7.90. The molecule has 6 aromatic rings. The summed E-state index contributed by atoms with van der Waals surface area (Å²) in [6.07, 6.45) is 9.15. The molecule has 3 heterocycles. The molecule has 0 unspecified atom stereocenters. The highest BCUT2D eigenvalue weighted by atomic mass is 16.3. The van der Waals surface area contributed by atoms with E-state index in [-0.39, 0.29) is 5.56 Å². The third kappa shape index (κ3) is 3.19. The van der Waals surface area contributed by atoms with Gasteiger partial charge in [-0.15, -0.1) is 6.42 Å². The van der Waals surface area contributed by atoms with E-state index in [4.69, 9.17) is 15.8 Å². The topological polar surface area (TPSA) is 65.3 Å². The Morgan fingerprint density at radius 3 is 2.62 bits per heavy atom. The van der Waals surface area contributed by atoms with Gasteiger partial charge in [-0.25, -0.2) is 4.98 Å². The van der Waals surface area contributed by atoms with Crippen molar-refractivity contribution in [3.63, 3.8) is 0 Å². The normalized spacial score (nSPS) is 11.6. The van der Waals surface area contributed by atoms with Crippen molar-refractivity contribution in [3.8, 4) is 23.9 Å². The Morgan fingerprint density at radius 2 is 1.76 bits per heavy atom. The highest BCUT2D eigenvalue weighted by molar-refractivity contribution is 5.99. The van der Waals surface area contributed by atoms with Gasteiger partial charge in [0.2, 0.25) is 5.82 Å². The lowest BCUT2D eigenvalue weighted by atomic mass is 10.2. The molecule has 0 spiro atoms. The third-order valence-electron chi connectivity index (χ3n) is 5.79. The van der Waals surface area contributed by atoms with E-state index in [1.165, 1.54) is 4.68 Å². The van der Waals surface area contributed by atoms with Crippen LogP contribution < -0.4 is 5.56 Å². The first-order valence-electron chi connectivity index (χ1n) is 10.8. The van der Waals surface area contributed by atoms with Crippen LogP contribution in [0.3, 0.4) is 0 Å². The first kappa shape index (κ1) is 19.8. The molecule has 3 aromatic heterocycles. The van der Waals surface area contributed by atoms with Crippen LogP contribution >= 0.6 is 0 Å². The van der Waals surface area contributed by atoms with E-state index < -0.39 is 0 Å². The van der Waals surface area contributed by atoms with Crippen LogP contribution in [-0.2, 0) is 6.54 Å². The van der Waals surface area contributed by atoms with Gasteiger partial charge in [0.1, 0.15) is 5.58 Å². The molecule has 0 amide bonds. The lowest BCUT2D eigenvalue weighted by Gasteiger charge is -2.07. The summed E-state index contributed by atoms with van der Waals surface area (Å²) in [6.45, 7) is 0.441. The molecule has 0 saturated heterocycles. The number of rotatable bonds is 4. The van der Waals surface area contributed by atoms with Gasteiger partial charge in [-0.2, -0.15) is 9.78 Å². The smallest absolute Gasteiger partial charge is 0.282 e. The Kier molecular flexibility index (Phi) is 4.60. The minimum atomic E-state index is -0.273. The Morgan fingerprint density at radius 1 is 1.00 bits per heavy atom. The summed E-state index contributed by atoms with van der Waals surface area (Å²) >= 11 is 0. The van der Waals surface area contributed by atoms with Crippen LogP contribution in [0.15, 0.2) is 99.4 Å². The zero-order valence-electron chi connectivity index (χ0n) is 18.1. The molecule has 0 aliphatic heterocycles. The molecule has 6 heteroatoms. The van der Waals surface area contributed by atoms with E-state index in [1.807, 2.05) is 83.6 Å². The highest BCUT2D eigenvalue weighted by Crippen LogP contribution is 2.27. The van der Waals surface area contributed by atoms with Crippen molar-refractivity contribution in [2.75, 3.05) is 0 Å². The molecule has 6 nitrogen and oxygen atoms in total. The van der Waals surface area contributed by atoms with Crippen molar-refractivity contribution in [3.05, 3.63) is 101 Å². The number of hydrogen-bond donors (Lipinski definition) is 0. The molecule has 0 saturated carbocycles. The van der Waals surface area contributed by atoms with Gasteiger partial charge in [-0.3, -0.25) is 4.79 Å². The second kappa shape index (κ2) is 7.91. The molecule has 34 heavy (non-hydrogen) atoms. The largest absolute Gasteiger partial charge is 0.453 e. The number of para-hydroxylation sites is 3. The summed E-state index contributed by atoms with van der Waals surface area (Å²) in [6, 6.07) is 24.7. The molecule has 0 atom stereocenters. The molecule has 6 rings (SSSR count). The average Bonchev–Trinajstić information content (AvgIpc) is 3.45. The molecular weight excluding hydrogens is 424 g/mol. The fourth-order valence-electron chi connectivity index (χ4n) is 4.21. The molecule has 0 N–H and O–H groups in total. The van der Waals surface area contributed by atoms with E-state index >= 15 is 0 Å². The number of fused-ring (bicyclic) bond motifs is 3. The number of terminal acetylenes is 1. The van der Waals surface area contributed by atoms with E-state index in [0.29, 0.717) is 34.6 Å². The quantitative estimate of drug-likeness (QED) is 0.276. The predicted octanol–water partition coefficient (Wildman–Crippen LogP) is 5.28. The number of hydrogen-bond acceptors (Lipinski definition) is 4. The number of furan rings is 1.